The van der Waals surface area contributed by atoms with Gasteiger partial charge in [-0.3, -0.25) is 9.69 Å². The van der Waals surface area contributed by atoms with Crippen LogP contribution in [0.2, 0.25) is 0 Å². The van der Waals surface area contributed by atoms with Crippen molar-refractivity contribution < 1.29 is 40.0 Å². The third-order valence-electron chi connectivity index (χ3n) is 6.43. The Labute approximate surface area is 219 Å². The van der Waals surface area contributed by atoms with Crippen molar-refractivity contribution >= 4 is 22.0 Å². The van der Waals surface area contributed by atoms with Gasteiger partial charge in [-0.2, -0.15) is 21.6 Å². The van der Waals surface area contributed by atoms with Crippen molar-refractivity contribution in [1.29, 1.82) is 0 Å². The Morgan fingerprint density at radius 1 is 0.974 bits per heavy atom. The van der Waals surface area contributed by atoms with Crippen LogP contribution in [0.4, 0.5) is 13.2 Å². The van der Waals surface area contributed by atoms with E-state index >= 15 is 0 Å². The quantitative estimate of drug-likeness (QED) is 0.243. The molecular weight excluding hydrogens is 523 g/mol. The number of hydrogen-bond donors (Lipinski definition) is 0. The van der Waals surface area contributed by atoms with Crippen LogP contribution >= 0.6 is 0 Å². The lowest BCUT2D eigenvalue weighted by Gasteiger charge is -2.26. The second kappa shape index (κ2) is 11.6. The van der Waals surface area contributed by atoms with Gasteiger partial charge in [-0.1, -0.05) is 18.6 Å². The largest absolute Gasteiger partial charge is 0.534 e. The van der Waals surface area contributed by atoms with Crippen LogP contribution < -0.4 is 9.47 Å². The lowest BCUT2D eigenvalue weighted by molar-refractivity contribution is -0.0520. The number of piperidine rings is 1. The van der Waals surface area contributed by atoms with E-state index < -0.39 is 27.2 Å². The Balaban J connectivity index is 1.57. The van der Waals surface area contributed by atoms with Crippen LogP contribution in [0, 0.1) is 0 Å². The van der Waals surface area contributed by atoms with Crippen molar-refractivity contribution in [3.63, 3.8) is 0 Å². The first kappa shape index (κ1) is 27.7. The highest BCUT2D eigenvalue weighted by Gasteiger charge is 2.49. The van der Waals surface area contributed by atoms with Crippen LogP contribution in [0.3, 0.4) is 0 Å². The maximum atomic E-state index is 13.4. The van der Waals surface area contributed by atoms with Crippen LogP contribution in [0.5, 0.6) is 11.5 Å². The molecule has 0 atom stereocenters. The standard InChI is InChI=1S/C27H28F3NO6S/c1-35-23-11-7-21-18-24(25(12-8-20(21)17-23)37-38(33,34)27(28,29)30)26(32)19-5-9-22(10-6-19)36-16-15-31-13-3-2-4-14-31/h5-12,17H,2-4,13-16,18H2,1H3. The molecule has 0 radical (unpaired) electrons. The molecule has 0 unspecified atom stereocenters. The number of alkyl halides is 3. The molecular formula is C27H28F3NO6S. The number of allylic oxidation sites excluding steroid dienone is 2. The Morgan fingerprint density at radius 2 is 1.66 bits per heavy atom. The van der Waals surface area contributed by atoms with E-state index in [1.807, 2.05) is 0 Å². The van der Waals surface area contributed by atoms with Gasteiger partial charge in [0.25, 0.3) is 0 Å². The summed E-state index contributed by atoms with van der Waals surface area (Å²) in [6.45, 7) is 3.37. The highest BCUT2D eigenvalue weighted by Crippen LogP contribution is 2.33. The molecule has 0 amide bonds. The van der Waals surface area contributed by atoms with Crippen LogP contribution in [-0.2, 0) is 20.7 Å². The van der Waals surface area contributed by atoms with Crippen molar-refractivity contribution in [2.45, 2.75) is 31.2 Å². The summed E-state index contributed by atoms with van der Waals surface area (Å²) in [6.07, 6.45) is 5.89. The van der Waals surface area contributed by atoms with Gasteiger partial charge in [0.05, 0.1) is 7.11 Å². The van der Waals surface area contributed by atoms with Gasteiger partial charge in [0, 0.05) is 24.1 Å². The topological polar surface area (TPSA) is 82.1 Å². The van der Waals surface area contributed by atoms with Crippen molar-refractivity contribution in [2.24, 2.45) is 0 Å². The molecule has 1 heterocycles. The monoisotopic (exact) mass is 551 g/mol. The second-order valence-corrected chi connectivity index (χ2v) is 10.5. The zero-order valence-electron chi connectivity index (χ0n) is 20.8. The number of likely N-dealkylation sites (tertiary alicyclic amines) is 1. The molecule has 0 aromatic heterocycles. The fourth-order valence-corrected chi connectivity index (χ4v) is 4.83. The minimum Gasteiger partial charge on any atom is -0.497 e. The molecule has 11 heteroatoms. The van der Waals surface area contributed by atoms with Crippen LogP contribution in [0.15, 0.2) is 59.9 Å². The predicted molar refractivity (Wildman–Crippen MR) is 135 cm³/mol. The van der Waals surface area contributed by atoms with Crippen molar-refractivity contribution in [3.8, 4) is 11.5 Å². The number of carbonyl (C=O) groups is 1. The van der Waals surface area contributed by atoms with E-state index in [0.717, 1.165) is 25.7 Å². The molecule has 204 valence electrons. The molecule has 0 N–H and O–H groups in total. The van der Waals surface area contributed by atoms with Gasteiger partial charge >= 0.3 is 15.6 Å². The maximum Gasteiger partial charge on any atom is 0.534 e. The Bertz CT molecular complexity index is 1330. The molecule has 1 aliphatic carbocycles. The van der Waals surface area contributed by atoms with E-state index in [2.05, 4.69) is 9.08 Å². The molecule has 1 fully saturated rings. The first-order valence-corrected chi connectivity index (χ1v) is 13.6. The average Bonchev–Trinajstić information content (AvgIpc) is 3.07. The van der Waals surface area contributed by atoms with Crippen LogP contribution in [0.1, 0.15) is 40.7 Å². The van der Waals surface area contributed by atoms with Gasteiger partial charge in [-0.05, 0) is 79.5 Å². The van der Waals surface area contributed by atoms with Crippen LogP contribution in [0.25, 0.3) is 6.08 Å². The molecule has 0 spiro atoms. The number of fused-ring (bicyclic) bond motifs is 1. The molecule has 2 aliphatic rings. The molecule has 7 nitrogen and oxygen atoms in total. The van der Waals surface area contributed by atoms with Crippen molar-refractivity contribution in [1.82, 2.24) is 4.90 Å². The third-order valence-corrected chi connectivity index (χ3v) is 7.40. The fraction of sp³-hybridized carbons (Fsp3) is 0.370. The lowest BCUT2D eigenvalue weighted by Crippen LogP contribution is -2.33. The number of halogens is 3. The Hall–Kier alpha value is -3.31. The van der Waals surface area contributed by atoms with Crippen LogP contribution in [-0.4, -0.2) is 58.0 Å². The van der Waals surface area contributed by atoms with Gasteiger partial charge < -0.3 is 13.7 Å². The summed E-state index contributed by atoms with van der Waals surface area (Å²) in [5.41, 5.74) is -4.59. The first-order chi connectivity index (χ1) is 18.1. The summed E-state index contributed by atoms with van der Waals surface area (Å²) in [6, 6.07) is 11.1. The average molecular weight is 552 g/mol. The summed E-state index contributed by atoms with van der Waals surface area (Å²) in [5, 5.41) is 0. The summed E-state index contributed by atoms with van der Waals surface area (Å²) < 4.78 is 78.3. The third kappa shape index (κ3) is 6.57. The van der Waals surface area contributed by atoms with E-state index in [1.165, 1.54) is 44.6 Å². The number of ether oxygens (including phenoxy) is 2. The second-order valence-electron chi connectivity index (χ2n) is 9.01. The fourth-order valence-electron chi connectivity index (χ4n) is 4.35. The van der Waals surface area contributed by atoms with Gasteiger partial charge in [0.15, 0.2) is 5.78 Å². The van der Waals surface area contributed by atoms with Crippen molar-refractivity contribution in [3.05, 3.63) is 76.6 Å². The minimum absolute atomic E-state index is 0.151. The zero-order valence-corrected chi connectivity index (χ0v) is 21.6. The van der Waals surface area contributed by atoms with Gasteiger partial charge in [0.2, 0.25) is 0 Å². The van der Waals surface area contributed by atoms with Gasteiger partial charge in [-0.25, -0.2) is 0 Å². The number of carbonyl (C=O) groups excluding carboxylic acids is 1. The first-order valence-electron chi connectivity index (χ1n) is 12.2. The van der Waals surface area contributed by atoms with Gasteiger partial charge in [-0.15, -0.1) is 0 Å². The summed E-state index contributed by atoms with van der Waals surface area (Å²) in [4.78, 5) is 15.8. The smallest absolute Gasteiger partial charge is 0.497 e. The normalized spacial score (nSPS) is 16.5. The number of methoxy groups -OCH3 is 1. The molecule has 38 heavy (non-hydrogen) atoms. The SMILES string of the molecule is COc1ccc2c(c1)C=CC(OS(=O)(=O)C(F)(F)F)=C(C(=O)c1ccc(OCCN3CCCCC3)cc1)C2. The molecule has 0 saturated carbocycles. The summed E-state index contributed by atoms with van der Waals surface area (Å²) in [7, 11) is -4.54. The highest BCUT2D eigenvalue weighted by molar-refractivity contribution is 7.87. The summed E-state index contributed by atoms with van der Waals surface area (Å²) in [5.74, 6) is -0.318. The lowest BCUT2D eigenvalue weighted by atomic mass is 9.95. The minimum atomic E-state index is -6.00. The van der Waals surface area contributed by atoms with E-state index in [-0.39, 0.29) is 17.6 Å². The van der Waals surface area contributed by atoms with Gasteiger partial charge in [0.1, 0.15) is 23.9 Å². The van der Waals surface area contributed by atoms with E-state index in [1.54, 1.807) is 30.3 Å². The molecule has 2 aromatic carbocycles. The number of benzene rings is 2. The number of rotatable bonds is 9. The number of ketones is 1. The molecule has 2 aromatic rings. The highest BCUT2D eigenvalue weighted by atomic mass is 32.2. The maximum absolute atomic E-state index is 13.4. The molecule has 0 bridgehead atoms. The predicted octanol–water partition coefficient (Wildman–Crippen LogP) is 5.13. The molecule has 4 rings (SSSR count). The van der Waals surface area contributed by atoms with E-state index in [0.29, 0.717) is 29.2 Å². The Kier molecular flexibility index (Phi) is 8.47. The number of hydrogen-bond acceptors (Lipinski definition) is 7. The van der Waals surface area contributed by atoms with E-state index in [4.69, 9.17) is 9.47 Å². The van der Waals surface area contributed by atoms with Crippen molar-refractivity contribution in [2.75, 3.05) is 33.4 Å². The Morgan fingerprint density at radius 3 is 2.32 bits per heavy atom. The molecule has 1 saturated heterocycles. The molecule has 1 aliphatic heterocycles. The summed E-state index contributed by atoms with van der Waals surface area (Å²) >= 11 is 0. The zero-order chi connectivity index (χ0) is 27.3. The number of nitrogens with zero attached hydrogens (tertiary/aromatic N) is 1. The number of Topliss-reactive ketones (excluding diaryl/α,β-unsaturated/α-hetero) is 1. The van der Waals surface area contributed by atoms with E-state index in [9.17, 15) is 26.4 Å².